The third-order valence-electron chi connectivity index (χ3n) is 5.50. The van der Waals surface area contributed by atoms with Crippen molar-refractivity contribution >= 4 is 23.1 Å². The van der Waals surface area contributed by atoms with Crippen LogP contribution in [0.3, 0.4) is 0 Å². The highest BCUT2D eigenvalue weighted by Gasteiger charge is 2.49. The van der Waals surface area contributed by atoms with Crippen LogP contribution in [0.4, 0.5) is 0 Å². The zero-order chi connectivity index (χ0) is 18.3. The van der Waals surface area contributed by atoms with E-state index in [-0.39, 0.29) is 5.76 Å². The van der Waals surface area contributed by atoms with Gasteiger partial charge in [-0.3, -0.25) is 0 Å². The average Bonchev–Trinajstić information content (AvgIpc) is 2.86. The minimum absolute atomic E-state index is 0.115. The molecule has 26 heavy (non-hydrogen) atoms. The highest BCUT2D eigenvalue weighted by atomic mass is 35.5. The van der Waals surface area contributed by atoms with E-state index in [9.17, 15) is 9.90 Å². The van der Waals surface area contributed by atoms with E-state index in [0.29, 0.717) is 23.4 Å². The predicted molar refractivity (Wildman–Crippen MR) is 103 cm³/mol. The molecule has 1 saturated carbocycles. The van der Waals surface area contributed by atoms with Gasteiger partial charge in [0.2, 0.25) is 0 Å². The number of aryl methyl sites for hydroxylation is 1. The molecular formula is C22H21ClO3. The van der Waals surface area contributed by atoms with E-state index in [1.54, 1.807) is 0 Å². The fraction of sp³-hybridized carbons (Fsp3) is 0.318. The SMILES string of the molecule is Cc1cc(-c2ccc(Cl)cc2)ccc1C1=C(O)C2(CCCCC2)OC1=O. The first-order valence-electron chi connectivity index (χ1n) is 9.04. The molecule has 2 aliphatic rings. The summed E-state index contributed by atoms with van der Waals surface area (Å²) in [6, 6.07) is 13.5. The molecule has 0 saturated heterocycles. The molecule has 0 atom stereocenters. The van der Waals surface area contributed by atoms with Crippen molar-refractivity contribution in [3.63, 3.8) is 0 Å². The molecule has 134 valence electrons. The van der Waals surface area contributed by atoms with Crippen molar-refractivity contribution in [2.24, 2.45) is 0 Å². The fourth-order valence-electron chi connectivity index (χ4n) is 4.07. The van der Waals surface area contributed by atoms with Gasteiger partial charge in [0.1, 0.15) is 5.57 Å². The summed E-state index contributed by atoms with van der Waals surface area (Å²) < 4.78 is 5.67. The minimum Gasteiger partial charge on any atom is -0.507 e. The van der Waals surface area contributed by atoms with Gasteiger partial charge in [-0.2, -0.15) is 0 Å². The lowest BCUT2D eigenvalue weighted by Crippen LogP contribution is -2.34. The quantitative estimate of drug-likeness (QED) is 0.677. The third kappa shape index (κ3) is 2.80. The second kappa shape index (κ2) is 6.48. The Morgan fingerprint density at radius 1 is 1.00 bits per heavy atom. The lowest BCUT2D eigenvalue weighted by atomic mass is 9.82. The number of carbonyl (C=O) groups is 1. The van der Waals surface area contributed by atoms with Crippen LogP contribution < -0.4 is 0 Å². The molecule has 2 aromatic rings. The van der Waals surface area contributed by atoms with Gasteiger partial charge < -0.3 is 9.84 Å². The van der Waals surface area contributed by atoms with Crippen molar-refractivity contribution in [2.75, 3.05) is 0 Å². The summed E-state index contributed by atoms with van der Waals surface area (Å²) in [5.41, 5.74) is 3.30. The van der Waals surface area contributed by atoms with Gasteiger partial charge in [-0.05, 0) is 67.0 Å². The molecule has 3 nitrogen and oxygen atoms in total. The maximum absolute atomic E-state index is 12.5. The van der Waals surface area contributed by atoms with Crippen molar-refractivity contribution in [1.82, 2.24) is 0 Å². The van der Waals surface area contributed by atoms with Crippen LogP contribution in [-0.4, -0.2) is 16.7 Å². The number of aliphatic hydroxyl groups is 1. The Labute approximate surface area is 158 Å². The van der Waals surface area contributed by atoms with Gasteiger partial charge >= 0.3 is 5.97 Å². The van der Waals surface area contributed by atoms with Gasteiger partial charge in [-0.25, -0.2) is 4.79 Å². The smallest absolute Gasteiger partial charge is 0.343 e. The lowest BCUT2D eigenvalue weighted by molar-refractivity contribution is -0.149. The summed E-state index contributed by atoms with van der Waals surface area (Å²) in [6.07, 6.45) is 4.47. The predicted octanol–water partition coefficient (Wildman–Crippen LogP) is 5.84. The summed E-state index contributed by atoms with van der Waals surface area (Å²) >= 11 is 5.96. The number of ether oxygens (including phenoxy) is 1. The van der Waals surface area contributed by atoms with Gasteiger partial charge in [0, 0.05) is 5.02 Å². The monoisotopic (exact) mass is 368 g/mol. The third-order valence-corrected chi connectivity index (χ3v) is 5.75. The van der Waals surface area contributed by atoms with Crippen LogP contribution in [0.25, 0.3) is 16.7 Å². The average molecular weight is 369 g/mol. The summed E-state index contributed by atoms with van der Waals surface area (Å²) in [5, 5.41) is 11.5. The maximum Gasteiger partial charge on any atom is 0.343 e. The first-order chi connectivity index (χ1) is 12.5. The molecule has 1 heterocycles. The van der Waals surface area contributed by atoms with Gasteiger partial charge in [-0.1, -0.05) is 48.4 Å². The first-order valence-corrected chi connectivity index (χ1v) is 9.42. The van der Waals surface area contributed by atoms with Crippen LogP contribution in [0.15, 0.2) is 48.2 Å². The van der Waals surface area contributed by atoms with Crippen molar-refractivity contribution in [3.05, 3.63) is 64.4 Å². The number of hydrogen-bond donors (Lipinski definition) is 1. The molecular weight excluding hydrogens is 348 g/mol. The topological polar surface area (TPSA) is 46.5 Å². The number of esters is 1. The number of halogens is 1. The molecule has 0 amide bonds. The van der Waals surface area contributed by atoms with E-state index >= 15 is 0 Å². The molecule has 0 bridgehead atoms. The van der Waals surface area contributed by atoms with Crippen LogP contribution in [0, 0.1) is 6.92 Å². The zero-order valence-corrected chi connectivity index (χ0v) is 15.5. The van der Waals surface area contributed by atoms with Gasteiger partial charge in [0.05, 0.1) is 0 Å². The van der Waals surface area contributed by atoms with E-state index in [1.807, 2.05) is 49.4 Å². The molecule has 0 aromatic heterocycles. The number of rotatable bonds is 2. The highest BCUT2D eigenvalue weighted by molar-refractivity contribution is 6.30. The van der Waals surface area contributed by atoms with E-state index < -0.39 is 11.6 Å². The zero-order valence-electron chi connectivity index (χ0n) is 14.7. The summed E-state index contributed by atoms with van der Waals surface area (Å²) in [4.78, 5) is 12.5. The van der Waals surface area contributed by atoms with Gasteiger partial charge in [-0.15, -0.1) is 0 Å². The number of aliphatic hydroxyl groups excluding tert-OH is 1. The molecule has 1 fully saturated rings. The standard InChI is InChI=1S/C22H21ClO3/c1-14-13-16(15-5-8-17(23)9-6-15)7-10-18(14)19-20(24)22(26-21(19)25)11-3-2-4-12-22/h5-10,13,24H,2-4,11-12H2,1H3. The maximum atomic E-state index is 12.5. The van der Waals surface area contributed by atoms with Crippen LogP contribution >= 0.6 is 11.6 Å². The summed E-state index contributed by atoms with van der Waals surface area (Å²) in [5.74, 6) is -0.295. The normalized spacial score (nSPS) is 19.1. The number of carbonyl (C=O) groups excluding carboxylic acids is 1. The van der Waals surface area contributed by atoms with Crippen LogP contribution in [0.5, 0.6) is 0 Å². The second-order valence-corrected chi connectivity index (χ2v) is 7.64. The Morgan fingerprint density at radius 2 is 1.65 bits per heavy atom. The molecule has 1 aliphatic heterocycles. The Bertz CT molecular complexity index is 890. The number of hydrogen-bond acceptors (Lipinski definition) is 3. The van der Waals surface area contributed by atoms with Gasteiger partial charge in [0.15, 0.2) is 11.4 Å². The lowest BCUT2D eigenvalue weighted by Gasteiger charge is -2.31. The molecule has 4 heteroatoms. The van der Waals surface area contributed by atoms with Crippen molar-refractivity contribution < 1.29 is 14.6 Å². The molecule has 0 unspecified atom stereocenters. The summed E-state index contributed by atoms with van der Waals surface area (Å²) in [6.45, 7) is 1.95. The van der Waals surface area contributed by atoms with Crippen molar-refractivity contribution in [1.29, 1.82) is 0 Å². The van der Waals surface area contributed by atoms with Crippen LogP contribution in [-0.2, 0) is 9.53 Å². The molecule has 4 rings (SSSR count). The minimum atomic E-state index is -0.800. The van der Waals surface area contributed by atoms with E-state index in [2.05, 4.69) is 0 Å². The Morgan fingerprint density at radius 3 is 2.31 bits per heavy atom. The molecule has 1 aliphatic carbocycles. The van der Waals surface area contributed by atoms with E-state index in [1.165, 1.54) is 0 Å². The fourth-order valence-corrected chi connectivity index (χ4v) is 4.19. The first kappa shape index (κ1) is 17.2. The largest absolute Gasteiger partial charge is 0.507 e. The Kier molecular flexibility index (Phi) is 4.28. The van der Waals surface area contributed by atoms with Crippen LogP contribution in [0.1, 0.15) is 43.2 Å². The highest BCUT2D eigenvalue weighted by Crippen LogP contribution is 2.45. The second-order valence-electron chi connectivity index (χ2n) is 7.20. The molecule has 2 aromatic carbocycles. The summed E-state index contributed by atoms with van der Waals surface area (Å²) in [7, 11) is 0. The van der Waals surface area contributed by atoms with Crippen LogP contribution in [0.2, 0.25) is 5.02 Å². The number of benzene rings is 2. The molecule has 1 spiro atoms. The van der Waals surface area contributed by atoms with Crippen molar-refractivity contribution in [3.8, 4) is 11.1 Å². The Hall–Kier alpha value is -2.26. The molecule has 1 N–H and O–H groups in total. The Balaban J connectivity index is 1.73. The van der Waals surface area contributed by atoms with Gasteiger partial charge in [0.25, 0.3) is 0 Å². The van der Waals surface area contributed by atoms with Crippen molar-refractivity contribution in [2.45, 2.75) is 44.6 Å². The molecule has 0 radical (unpaired) electrons. The van der Waals surface area contributed by atoms with E-state index in [0.717, 1.165) is 41.5 Å². The van der Waals surface area contributed by atoms with E-state index in [4.69, 9.17) is 16.3 Å².